The second kappa shape index (κ2) is 8.04. The third kappa shape index (κ3) is 4.97. The number of nitrogens with zero attached hydrogens (tertiary/aromatic N) is 1. The maximum absolute atomic E-state index is 12.1. The second-order valence-corrected chi connectivity index (χ2v) is 6.72. The van der Waals surface area contributed by atoms with Crippen molar-refractivity contribution in [2.45, 2.75) is 13.2 Å². The molecule has 3 rings (SSSR count). The Morgan fingerprint density at radius 1 is 1.20 bits per heavy atom. The normalized spacial score (nSPS) is 10.7. The van der Waals surface area contributed by atoms with E-state index in [0.29, 0.717) is 23.1 Å². The molecule has 0 aliphatic heterocycles. The van der Waals surface area contributed by atoms with Crippen LogP contribution in [0.25, 0.3) is 0 Å². The van der Waals surface area contributed by atoms with Crippen LogP contribution in [-0.4, -0.2) is 17.5 Å². The largest absolute Gasteiger partial charge is 0.435 e. The van der Waals surface area contributed by atoms with Crippen LogP contribution < -0.4 is 15.4 Å². The Balaban J connectivity index is 1.56. The Morgan fingerprint density at radius 3 is 2.68 bits per heavy atom. The maximum atomic E-state index is 12.1. The first kappa shape index (κ1) is 17.3. The summed E-state index contributed by atoms with van der Waals surface area (Å²) in [5, 5.41) is 9.95. The van der Waals surface area contributed by atoms with E-state index in [9.17, 15) is 13.6 Å². The summed E-state index contributed by atoms with van der Waals surface area (Å²) in [5.74, 6) is -0.174. The number of benzene rings is 1. The van der Waals surface area contributed by atoms with Gasteiger partial charge in [0, 0.05) is 15.9 Å². The summed E-state index contributed by atoms with van der Waals surface area (Å²) in [4.78, 5) is 17.4. The summed E-state index contributed by atoms with van der Waals surface area (Å²) in [7, 11) is 0. The Bertz CT molecular complexity index is 820. The van der Waals surface area contributed by atoms with E-state index in [2.05, 4.69) is 20.4 Å². The molecule has 0 fully saturated rings. The van der Waals surface area contributed by atoms with Crippen molar-refractivity contribution >= 4 is 39.4 Å². The van der Waals surface area contributed by atoms with Gasteiger partial charge in [0.15, 0.2) is 5.13 Å². The lowest BCUT2D eigenvalue weighted by atomic mass is 10.3. The van der Waals surface area contributed by atoms with Crippen LogP contribution in [-0.2, 0) is 6.54 Å². The molecule has 130 valence electrons. The molecule has 0 aliphatic rings. The van der Waals surface area contributed by atoms with Crippen LogP contribution in [0.4, 0.5) is 19.6 Å². The minimum atomic E-state index is -2.85. The fraction of sp³-hybridized carbons (Fsp3) is 0.125. The predicted molar refractivity (Wildman–Crippen MR) is 94.0 cm³/mol. The summed E-state index contributed by atoms with van der Waals surface area (Å²) in [6, 6.07) is 9.91. The van der Waals surface area contributed by atoms with Gasteiger partial charge in [0.25, 0.3) is 5.91 Å². The SMILES string of the molecule is O=C(NCc1cccs1)c1csc(Nc2ccc(OC(F)F)cc2)n1. The Kier molecular flexibility index (Phi) is 5.56. The monoisotopic (exact) mass is 381 g/mol. The molecule has 9 heteroatoms. The van der Waals surface area contributed by atoms with Crippen molar-refractivity contribution in [2.75, 3.05) is 5.32 Å². The molecule has 0 unspecified atom stereocenters. The first-order valence-electron chi connectivity index (χ1n) is 7.18. The highest BCUT2D eigenvalue weighted by molar-refractivity contribution is 7.14. The fourth-order valence-corrected chi connectivity index (χ4v) is 3.31. The molecular formula is C16H13F2N3O2S2. The highest BCUT2D eigenvalue weighted by Crippen LogP contribution is 2.23. The summed E-state index contributed by atoms with van der Waals surface area (Å²) in [5.41, 5.74) is 0.975. The van der Waals surface area contributed by atoms with E-state index in [4.69, 9.17) is 0 Å². The number of carbonyl (C=O) groups is 1. The van der Waals surface area contributed by atoms with Gasteiger partial charge in [-0.05, 0) is 35.7 Å². The van der Waals surface area contributed by atoms with Crippen LogP contribution >= 0.6 is 22.7 Å². The molecule has 2 N–H and O–H groups in total. The van der Waals surface area contributed by atoms with Crippen LogP contribution in [0.3, 0.4) is 0 Å². The number of nitrogens with one attached hydrogen (secondary N) is 2. The predicted octanol–water partition coefficient (Wildman–Crippen LogP) is 4.48. The fourth-order valence-electron chi connectivity index (χ4n) is 1.95. The molecule has 1 amide bonds. The number of amides is 1. The molecular weight excluding hydrogens is 368 g/mol. The first-order chi connectivity index (χ1) is 12.1. The summed E-state index contributed by atoms with van der Waals surface area (Å²) < 4.78 is 28.5. The smallest absolute Gasteiger partial charge is 0.387 e. The summed E-state index contributed by atoms with van der Waals surface area (Å²) in [6.07, 6.45) is 0. The topological polar surface area (TPSA) is 63.2 Å². The van der Waals surface area contributed by atoms with Gasteiger partial charge in [-0.3, -0.25) is 4.79 Å². The quantitative estimate of drug-likeness (QED) is 0.633. The maximum Gasteiger partial charge on any atom is 0.387 e. The third-order valence-electron chi connectivity index (χ3n) is 3.07. The minimum Gasteiger partial charge on any atom is -0.435 e. The second-order valence-electron chi connectivity index (χ2n) is 4.83. The van der Waals surface area contributed by atoms with Gasteiger partial charge < -0.3 is 15.4 Å². The van der Waals surface area contributed by atoms with Crippen molar-refractivity contribution in [2.24, 2.45) is 0 Å². The number of halogens is 2. The lowest BCUT2D eigenvalue weighted by Crippen LogP contribution is -2.22. The van der Waals surface area contributed by atoms with E-state index in [1.165, 1.54) is 23.5 Å². The average molecular weight is 381 g/mol. The molecule has 0 saturated carbocycles. The molecule has 0 aliphatic carbocycles. The van der Waals surface area contributed by atoms with E-state index in [-0.39, 0.29) is 11.7 Å². The van der Waals surface area contributed by atoms with Gasteiger partial charge in [-0.2, -0.15) is 8.78 Å². The zero-order valence-corrected chi connectivity index (χ0v) is 14.4. The van der Waals surface area contributed by atoms with Gasteiger partial charge in [0.1, 0.15) is 11.4 Å². The number of alkyl halides is 2. The van der Waals surface area contributed by atoms with Crippen molar-refractivity contribution in [1.82, 2.24) is 10.3 Å². The van der Waals surface area contributed by atoms with E-state index >= 15 is 0 Å². The highest BCUT2D eigenvalue weighted by Gasteiger charge is 2.11. The molecule has 3 aromatic rings. The van der Waals surface area contributed by atoms with Crippen LogP contribution in [0.15, 0.2) is 47.2 Å². The number of thiazole rings is 1. The van der Waals surface area contributed by atoms with Gasteiger partial charge in [-0.1, -0.05) is 6.07 Å². The van der Waals surface area contributed by atoms with Gasteiger partial charge in [0.05, 0.1) is 6.54 Å². The number of anilines is 2. The number of rotatable bonds is 7. The number of hydrogen-bond acceptors (Lipinski definition) is 6. The third-order valence-corrected chi connectivity index (χ3v) is 4.70. The molecule has 2 heterocycles. The van der Waals surface area contributed by atoms with E-state index in [0.717, 1.165) is 4.88 Å². The van der Waals surface area contributed by atoms with Crippen molar-refractivity contribution in [1.29, 1.82) is 0 Å². The Labute approximate surface area is 150 Å². The zero-order valence-electron chi connectivity index (χ0n) is 12.7. The number of carbonyl (C=O) groups excluding carboxylic acids is 1. The van der Waals surface area contributed by atoms with E-state index in [1.807, 2.05) is 17.5 Å². The van der Waals surface area contributed by atoms with Crippen molar-refractivity contribution in [3.63, 3.8) is 0 Å². The number of ether oxygens (including phenoxy) is 1. The lowest BCUT2D eigenvalue weighted by molar-refractivity contribution is -0.0498. The number of hydrogen-bond donors (Lipinski definition) is 2. The Hall–Kier alpha value is -2.52. The number of thiophene rings is 1. The summed E-state index contributed by atoms with van der Waals surface area (Å²) in [6.45, 7) is -2.39. The molecule has 0 spiro atoms. The van der Waals surface area contributed by atoms with Crippen LogP contribution in [0.5, 0.6) is 5.75 Å². The first-order valence-corrected chi connectivity index (χ1v) is 8.94. The van der Waals surface area contributed by atoms with Gasteiger partial charge in [-0.25, -0.2) is 4.98 Å². The molecule has 0 radical (unpaired) electrons. The number of aromatic nitrogens is 1. The summed E-state index contributed by atoms with van der Waals surface area (Å²) >= 11 is 2.85. The Morgan fingerprint density at radius 2 is 2.00 bits per heavy atom. The van der Waals surface area contributed by atoms with E-state index in [1.54, 1.807) is 28.8 Å². The zero-order chi connectivity index (χ0) is 17.6. The van der Waals surface area contributed by atoms with Crippen LogP contribution in [0.1, 0.15) is 15.4 Å². The van der Waals surface area contributed by atoms with Crippen LogP contribution in [0, 0.1) is 0 Å². The van der Waals surface area contributed by atoms with E-state index < -0.39 is 6.61 Å². The highest BCUT2D eigenvalue weighted by atomic mass is 32.1. The molecule has 5 nitrogen and oxygen atoms in total. The average Bonchev–Trinajstić information content (AvgIpc) is 3.26. The molecule has 1 aromatic carbocycles. The van der Waals surface area contributed by atoms with Crippen molar-refractivity contribution in [3.05, 3.63) is 57.7 Å². The van der Waals surface area contributed by atoms with Crippen molar-refractivity contribution < 1.29 is 18.3 Å². The van der Waals surface area contributed by atoms with Gasteiger partial charge >= 0.3 is 6.61 Å². The van der Waals surface area contributed by atoms with Gasteiger partial charge in [-0.15, -0.1) is 22.7 Å². The minimum absolute atomic E-state index is 0.0772. The standard InChI is InChI=1S/C16H13F2N3O2S2/c17-15(18)23-11-5-3-10(4-6-11)20-16-21-13(9-25-16)14(22)19-8-12-2-1-7-24-12/h1-7,9,15H,8H2,(H,19,22)(H,20,21). The molecule has 0 bridgehead atoms. The molecule has 0 atom stereocenters. The lowest BCUT2D eigenvalue weighted by Gasteiger charge is -2.06. The van der Waals surface area contributed by atoms with Crippen molar-refractivity contribution in [3.8, 4) is 5.75 Å². The van der Waals surface area contributed by atoms with Gasteiger partial charge in [0.2, 0.25) is 0 Å². The van der Waals surface area contributed by atoms with Crippen LogP contribution in [0.2, 0.25) is 0 Å². The molecule has 0 saturated heterocycles. The molecule has 2 aromatic heterocycles. The molecule has 25 heavy (non-hydrogen) atoms.